The van der Waals surface area contributed by atoms with Gasteiger partial charge in [-0.05, 0) is 50.6 Å². The fourth-order valence-corrected chi connectivity index (χ4v) is 2.70. The minimum absolute atomic E-state index is 0.119. The maximum Gasteiger partial charge on any atom is 0.299 e. The van der Waals surface area contributed by atoms with Crippen LogP contribution in [0.25, 0.3) is 0 Å². The van der Waals surface area contributed by atoms with Crippen LogP contribution in [-0.4, -0.2) is 17.8 Å². The lowest BCUT2D eigenvalue weighted by Gasteiger charge is -2.17. The van der Waals surface area contributed by atoms with Crippen molar-refractivity contribution in [1.29, 1.82) is 0 Å². The fourth-order valence-electron chi connectivity index (χ4n) is 2.70. The van der Waals surface area contributed by atoms with Gasteiger partial charge in [-0.2, -0.15) is 0 Å². The van der Waals surface area contributed by atoms with Gasteiger partial charge in [0.15, 0.2) is 0 Å². The van der Waals surface area contributed by atoms with Crippen molar-refractivity contribution < 1.29 is 14.3 Å². The van der Waals surface area contributed by atoms with E-state index in [1.54, 1.807) is 6.07 Å². The summed E-state index contributed by atoms with van der Waals surface area (Å²) in [5.41, 5.74) is 3.11. The second-order valence-electron chi connectivity index (χ2n) is 6.05. The molecule has 0 aromatic heterocycles. The third-order valence-corrected chi connectivity index (χ3v) is 3.76. The SMILES string of the molecule is Cc1ccc2c(c1)C(=O)C(=O)N2Cc1ccc(OC(C)C)cc1. The third kappa shape index (κ3) is 2.97. The van der Waals surface area contributed by atoms with Gasteiger partial charge in [0.05, 0.1) is 23.9 Å². The highest BCUT2D eigenvalue weighted by Gasteiger charge is 2.35. The number of benzene rings is 2. The molecule has 0 N–H and O–H groups in total. The van der Waals surface area contributed by atoms with E-state index in [4.69, 9.17) is 4.74 Å². The second kappa shape index (κ2) is 5.88. The Morgan fingerprint density at radius 1 is 1.04 bits per heavy atom. The number of fused-ring (bicyclic) bond motifs is 1. The van der Waals surface area contributed by atoms with E-state index in [1.807, 2.05) is 57.2 Å². The summed E-state index contributed by atoms with van der Waals surface area (Å²) in [7, 11) is 0. The molecule has 1 aliphatic rings. The zero-order chi connectivity index (χ0) is 16.6. The number of hydrogen-bond donors (Lipinski definition) is 0. The van der Waals surface area contributed by atoms with Crippen molar-refractivity contribution in [2.45, 2.75) is 33.4 Å². The predicted molar refractivity (Wildman–Crippen MR) is 88.9 cm³/mol. The first-order valence-corrected chi connectivity index (χ1v) is 7.68. The Morgan fingerprint density at radius 2 is 1.74 bits per heavy atom. The van der Waals surface area contributed by atoms with Crippen molar-refractivity contribution in [2.24, 2.45) is 0 Å². The molecule has 1 aliphatic heterocycles. The molecule has 4 nitrogen and oxygen atoms in total. The minimum atomic E-state index is -0.465. The zero-order valence-corrected chi connectivity index (χ0v) is 13.5. The first-order valence-electron chi connectivity index (χ1n) is 7.68. The average molecular weight is 309 g/mol. The Morgan fingerprint density at radius 3 is 2.39 bits per heavy atom. The first kappa shape index (κ1) is 15.3. The van der Waals surface area contributed by atoms with Crippen LogP contribution < -0.4 is 9.64 Å². The predicted octanol–water partition coefficient (Wildman–Crippen LogP) is 3.51. The second-order valence-corrected chi connectivity index (χ2v) is 6.05. The molecule has 0 saturated carbocycles. The highest BCUT2D eigenvalue weighted by atomic mass is 16.5. The number of hydrogen-bond acceptors (Lipinski definition) is 3. The molecule has 23 heavy (non-hydrogen) atoms. The Labute approximate surface area is 135 Å². The van der Waals surface area contributed by atoms with E-state index in [2.05, 4.69) is 0 Å². The smallest absolute Gasteiger partial charge is 0.299 e. The van der Waals surface area contributed by atoms with Crippen molar-refractivity contribution in [1.82, 2.24) is 0 Å². The highest BCUT2D eigenvalue weighted by molar-refractivity contribution is 6.52. The van der Waals surface area contributed by atoms with Gasteiger partial charge in [-0.3, -0.25) is 9.59 Å². The number of amides is 1. The Hall–Kier alpha value is -2.62. The van der Waals surface area contributed by atoms with Gasteiger partial charge in [-0.25, -0.2) is 0 Å². The summed E-state index contributed by atoms with van der Waals surface area (Å²) < 4.78 is 5.61. The van der Waals surface area contributed by atoms with Gasteiger partial charge in [-0.1, -0.05) is 23.8 Å². The standard InChI is InChI=1S/C19H19NO3/c1-12(2)23-15-7-5-14(6-8-15)11-20-17-9-4-13(3)10-16(17)18(21)19(20)22/h4-10,12H,11H2,1-3H3. The summed E-state index contributed by atoms with van der Waals surface area (Å²) in [5.74, 6) is -0.0971. The van der Waals surface area contributed by atoms with Crippen molar-refractivity contribution in [3.63, 3.8) is 0 Å². The van der Waals surface area contributed by atoms with Gasteiger partial charge in [0.1, 0.15) is 5.75 Å². The molecule has 2 aromatic rings. The van der Waals surface area contributed by atoms with Crippen LogP contribution in [0, 0.1) is 6.92 Å². The maximum absolute atomic E-state index is 12.2. The van der Waals surface area contributed by atoms with Crippen molar-refractivity contribution >= 4 is 17.4 Å². The van der Waals surface area contributed by atoms with Crippen LogP contribution in [0.4, 0.5) is 5.69 Å². The molecular weight excluding hydrogens is 290 g/mol. The Kier molecular flexibility index (Phi) is 3.90. The number of nitrogens with zero attached hydrogens (tertiary/aromatic N) is 1. The number of carbonyl (C=O) groups is 2. The molecule has 0 unspecified atom stereocenters. The quantitative estimate of drug-likeness (QED) is 0.812. The maximum atomic E-state index is 12.2. The summed E-state index contributed by atoms with van der Waals surface area (Å²) in [6, 6.07) is 13.1. The molecule has 2 aromatic carbocycles. The zero-order valence-electron chi connectivity index (χ0n) is 13.5. The van der Waals surface area contributed by atoms with Gasteiger partial charge in [0.25, 0.3) is 11.7 Å². The molecule has 0 fully saturated rings. The Balaban J connectivity index is 1.83. The summed E-state index contributed by atoms with van der Waals surface area (Å²) in [6.07, 6.45) is 0.119. The molecule has 1 amide bonds. The summed E-state index contributed by atoms with van der Waals surface area (Å²) in [4.78, 5) is 25.9. The van der Waals surface area contributed by atoms with Crippen molar-refractivity contribution in [2.75, 3.05) is 4.90 Å². The molecule has 0 saturated heterocycles. The molecule has 0 atom stereocenters. The van der Waals surface area contributed by atoms with E-state index in [1.165, 1.54) is 4.90 Å². The molecule has 0 aliphatic carbocycles. The lowest BCUT2D eigenvalue weighted by Crippen LogP contribution is -2.29. The lowest BCUT2D eigenvalue weighted by molar-refractivity contribution is -0.114. The summed E-state index contributed by atoms with van der Waals surface area (Å²) in [6.45, 7) is 6.24. The van der Waals surface area contributed by atoms with E-state index < -0.39 is 11.7 Å². The van der Waals surface area contributed by atoms with Gasteiger partial charge in [0.2, 0.25) is 0 Å². The van der Waals surface area contributed by atoms with Gasteiger partial charge in [0, 0.05) is 0 Å². The van der Waals surface area contributed by atoms with E-state index in [-0.39, 0.29) is 6.10 Å². The fraction of sp³-hybridized carbons (Fsp3) is 0.263. The van der Waals surface area contributed by atoms with E-state index in [0.717, 1.165) is 16.9 Å². The van der Waals surface area contributed by atoms with Crippen LogP contribution in [0.2, 0.25) is 0 Å². The minimum Gasteiger partial charge on any atom is -0.491 e. The molecule has 118 valence electrons. The molecule has 0 spiro atoms. The number of carbonyl (C=O) groups excluding carboxylic acids is 2. The number of anilines is 1. The van der Waals surface area contributed by atoms with Crippen molar-refractivity contribution in [3.8, 4) is 5.75 Å². The van der Waals surface area contributed by atoms with E-state index >= 15 is 0 Å². The van der Waals surface area contributed by atoms with Crippen LogP contribution in [-0.2, 0) is 11.3 Å². The number of rotatable bonds is 4. The van der Waals surface area contributed by atoms with Crippen LogP contribution in [0.15, 0.2) is 42.5 Å². The topological polar surface area (TPSA) is 46.6 Å². The Bertz CT molecular complexity index is 763. The molecule has 4 heteroatoms. The molecular formula is C19H19NO3. The average Bonchev–Trinajstić information content (AvgIpc) is 2.73. The first-order chi connectivity index (χ1) is 11.0. The van der Waals surface area contributed by atoms with E-state index in [9.17, 15) is 9.59 Å². The van der Waals surface area contributed by atoms with Crippen molar-refractivity contribution in [3.05, 3.63) is 59.2 Å². The van der Waals surface area contributed by atoms with Gasteiger partial charge >= 0.3 is 0 Å². The highest BCUT2D eigenvalue weighted by Crippen LogP contribution is 2.31. The molecule has 3 rings (SSSR count). The van der Waals surface area contributed by atoms with Crippen LogP contribution in [0.5, 0.6) is 5.75 Å². The van der Waals surface area contributed by atoms with Gasteiger partial charge in [-0.15, -0.1) is 0 Å². The van der Waals surface area contributed by atoms with E-state index in [0.29, 0.717) is 17.8 Å². The van der Waals surface area contributed by atoms with Crippen LogP contribution in [0.1, 0.15) is 35.3 Å². The molecule has 0 bridgehead atoms. The van der Waals surface area contributed by atoms with Crippen LogP contribution >= 0.6 is 0 Å². The molecule has 1 heterocycles. The number of Topliss-reactive ketones (excluding diaryl/α,β-unsaturated/α-hetero) is 1. The number of ketones is 1. The van der Waals surface area contributed by atoms with Gasteiger partial charge < -0.3 is 9.64 Å². The largest absolute Gasteiger partial charge is 0.491 e. The number of aryl methyl sites for hydroxylation is 1. The third-order valence-electron chi connectivity index (χ3n) is 3.76. The summed E-state index contributed by atoms with van der Waals surface area (Å²) >= 11 is 0. The number of ether oxygens (including phenoxy) is 1. The molecule has 0 radical (unpaired) electrons. The lowest BCUT2D eigenvalue weighted by atomic mass is 10.1. The monoisotopic (exact) mass is 309 g/mol. The normalized spacial score (nSPS) is 13.7. The summed E-state index contributed by atoms with van der Waals surface area (Å²) in [5, 5.41) is 0. The van der Waals surface area contributed by atoms with Crippen LogP contribution in [0.3, 0.4) is 0 Å².